The number of carboxylic acid groups (broad SMARTS) is 1. The van der Waals surface area contributed by atoms with Crippen molar-refractivity contribution in [1.82, 2.24) is 4.98 Å². The maximum absolute atomic E-state index is 11.3. The molecule has 1 aromatic rings. The van der Waals surface area contributed by atoms with E-state index in [0.29, 0.717) is 5.56 Å². The Labute approximate surface area is 108 Å². The van der Waals surface area contributed by atoms with E-state index in [-0.39, 0.29) is 11.3 Å². The average molecular weight is 247 g/mol. The molecule has 1 N–H and O–H groups in total. The van der Waals surface area contributed by atoms with Gasteiger partial charge in [0.25, 0.3) is 0 Å². The number of hydrogen-bond acceptors (Lipinski definition) is 2. The monoisotopic (exact) mass is 247 g/mol. The van der Waals surface area contributed by atoms with Crippen LogP contribution < -0.4 is 0 Å². The second-order valence-electron chi connectivity index (χ2n) is 6.33. The zero-order valence-corrected chi connectivity index (χ0v) is 11.6. The molecular formula is C15H21NO2. The number of carbonyl (C=O) groups is 1. The molecule has 0 bridgehead atoms. The molecule has 0 radical (unpaired) electrons. The molecule has 1 aromatic heterocycles. The molecule has 1 aliphatic carbocycles. The summed E-state index contributed by atoms with van der Waals surface area (Å²) in [6.07, 6.45) is 3.01. The molecule has 0 saturated carbocycles. The van der Waals surface area contributed by atoms with Gasteiger partial charge in [0.05, 0.1) is 11.3 Å². The Morgan fingerprint density at radius 2 is 2.11 bits per heavy atom. The highest BCUT2D eigenvalue weighted by Crippen LogP contribution is 2.35. The molecule has 0 atom stereocenters. The zero-order chi connectivity index (χ0) is 13.5. The molecule has 0 unspecified atom stereocenters. The third-order valence-corrected chi connectivity index (χ3v) is 3.71. The van der Waals surface area contributed by atoms with Crippen LogP contribution in [0, 0.1) is 5.41 Å². The molecule has 98 valence electrons. The minimum absolute atomic E-state index is 0.149. The Hall–Kier alpha value is -1.38. The number of carboxylic acids is 1. The summed E-state index contributed by atoms with van der Waals surface area (Å²) in [5.74, 6) is -0.714. The van der Waals surface area contributed by atoms with Gasteiger partial charge < -0.3 is 5.11 Å². The first-order valence-corrected chi connectivity index (χ1v) is 6.56. The normalized spacial score (nSPS) is 17.6. The molecule has 3 heteroatoms. The number of aryl methyl sites for hydroxylation is 1. The predicted octanol–water partition coefficient (Wildman–Crippen LogP) is 3.42. The molecule has 0 aromatic carbocycles. The van der Waals surface area contributed by atoms with Gasteiger partial charge in [-0.15, -0.1) is 0 Å². The minimum atomic E-state index is -0.864. The fraction of sp³-hybridized carbons (Fsp3) is 0.600. The topological polar surface area (TPSA) is 50.2 Å². The smallest absolute Gasteiger partial charge is 0.337 e. The third-order valence-electron chi connectivity index (χ3n) is 3.71. The van der Waals surface area contributed by atoms with Crippen LogP contribution in [0.1, 0.15) is 67.3 Å². The number of aromatic nitrogens is 1. The highest BCUT2D eigenvalue weighted by Gasteiger charge is 2.28. The van der Waals surface area contributed by atoms with E-state index < -0.39 is 5.97 Å². The first kappa shape index (κ1) is 13.1. The highest BCUT2D eigenvalue weighted by atomic mass is 16.4. The van der Waals surface area contributed by atoms with Crippen molar-refractivity contribution >= 4 is 5.97 Å². The van der Waals surface area contributed by atoms with E-state index in [4.69, 9.17) is 0 Å². The molecule has 0 saturated heterocycles. The van der Waals surface area contributed by atoms with Crippen molar-refractivity contribution in [3.8, 4) is 0 Å². The summed E-state index contributed by atoms with van der Waals surface area (Å²) in [4.78, 5) is 16.0. The molecule has 18 heavy (non-hydrogen) atoms. The second kappa shape index (κ2) is 4.38. The number of aromatic carboxylic acids is 1. The van der Waals surface area contributed by atoms with Crippen LogP contribution in [0.2, 0.25) is 0 Å². The minimum Gasteiger partial charge on any atom is -0.478 e. The maximum Gasteiger partial charge on any atom is 0.337 e. The van der Waals surface area contributed by atoms with Gasteiger partial charge in [0.1, 0.15) is 0 Å². The van der Waals surface area contributed by atoms with E-state index in [2.05, 4.69) is 18.8 Å². The van der Waals surface area contributed by atoms with E-state index >= 15 is 0 Å². The Kier molecular flexibility index (Phi) is 3.18. The lowest BCUT2D eigenvalue weighted by molar-refractivity contribution is 0.0694. The van der Waals surface area contributed by atoms with Gasteiger partial charge in [-0.3, -0.25) is 4.98 Å². The number of nitrogens with zero attached hydrogens (tertiary/aromatic N) is 1. The molecule has 1 aliphatic rings. The van der Waals surface area contributed by atoms with Gasteiger partial charge in [0.2, 0.25) is 0 Å². The average Bonchev–Trinajstić information content (AvgIpc) is 2.25. The molecule has 2 rings (SSSR count). The fourth-order valence-electron chi connectivity index (χ4n) is 2.65. The molecule has 0 spiro atoms. The van der Waals surface area contributed by atoms with E-state index in [1.54, 1.807) is 0 Å². The van der Waals surface area contributed by atoms with Gasteiger partial charge in [0.15, 0.2) is 0 Å². The Balaban J connectivity index is 2.53. The summed E-state index contributed by atoms with van der Waals surface area (Å²) < 4.78 is 0. The van der Waals surface area contributed by atoms with Crippen molar-refractivity contribution in [2.75, 3.05) is 0 Å². The molecule has 3 nitrogen and oxygen atoms in total. The van der Waals surface area contributed by atoms with Gasteiger partial charge in [0, 0.05) is 5.69 Å². The molecule has 1 heterocycles. The number of rotatable bonds is 2. The Morgan fingerprint density at radius 1 is 1.44 bits per heavy atom. The van der Waals surface area contributed by atoms with Crippen LogP contribution in [0.4, 0.5) is 0 Å². The van der Waals surface area contributed by atoms with Gasteiger partial charge in [-0.05, 0) is 42.2 Å². The lowest BCUT2D eigenvalue weighted by atomic mass is 9.75. The molecule has 0 fully saturated rings. The standard InChI is InChI=1S/C15H21NO2/c1-9(2)13-11(14(17)18)7-10-8-15(3,4)6-5-12(10)16-13/h7,9H,5-6,8H2,1-4H3,(H,17,18). The van der Waals surface area contributed by atoms with E-state index in [1.165, 1.54) is 0 Å². The van der Waals surface area contributed by atoms with Crippen LogP contribution in [0.3, 0.4) is 0 Å². The SMILES string of the molecule is CC(C)c1nc2c(cc1C(=O)O)CC(C)(C)CC2. The van der Waals surface area contributed by atoms with Crippen LogP contribution in [-0.2, 0) is 12.8 Å². The van der Waals surface area contributed by atoms with Crippen molar-refractivity contribution in [2.45, 2.75) is 52.9 Å². The third kappa shape index (κ3) is 2.40. The molecule has 0 amide bonds. The van der Waals surface area contributed by atoms with Crippen LogP contribution in [0.15, 0.2) is 6.07 Å². The summed E-state index contributed by atoms with van der Waals surface area (Å²) in [6.45, 7) is 8.45. The van der Waals surface area contributed by atoms with Gasteiger partial charge >= 0.3 is 5.97 Å². The van der Waals surface area contributed by atoms with E-state index in [1.807, 2.05) is 19.9 Å². The van der Waals surface area contributed by atoms with Crippen LogP contribution in [-0.4, -0.2) is 16.1 Å². The second-order valence-corrected chi connectivity index (χ2v) is 6.33. The zero-order valence-electron chi connectivity index (χ0n) is 11.6. The fourth-order valence-corrected chi connectivity index (χ4v) is 2.65. The van der Waals surface area contributed by atoms with Crippen LogP contribution >= 0.6 is 0 Å². The number of hydrogen-bond donors (Lipinski definition) is 1. The van der Waals surface area contributed by atoms with Crippen molar-refractivity contribution in [1.29, 1.82) is 0 Å². The summed E-state index contributed by atoms with van der Waals surface area (Å²) in [7, 11) is 0. The summed E-state index contributed by atoms with van der Waals surface area (Å²) >= 11 is 0. The Bertz CT molecular complexity index is 490. The first-order chi connectivity index (χ1) is 8.30. The van der Waals surface area contributed by atoms with Gasteiger partial charge in [-0.25, -0.2) is 4.79 Å². The van der Waals surface area contributed by atoms with Crippen molar-refractivity contribution in [3.63, 3.8) is 0 Å². The van der Waals surface area contributed by atoms with E-state index in [9.17, 15) is 9.90 Å². The first-order valence-electron chi connectivity index (χ1n) is 6.56. The van der Waals surface area contributed by atoms with Gasteiger partial charge in [-0.1, -0.05) is 27.7 Å². The number of fused-ring (bicyclic) bond motifs is 1. The van der Waals surface area contributed by atoms with Crippen molar-refractivity contribution in [2.24, 2.45) is 5.41 Å². The quantitative estimate of drug-likeness (QED) is 0.871. The Morgan fingerprint density at radius 3 is 2.67 bits per heavy atom. The predicted molar refractivity (Wildman–Crippen MR) is 71.1 cm³/mol. The van der Waals surface area contributed by atoms with Crippen molar-refractivity contribution < 1.29 is 9.90 Å². The lowest BCUT2D eigenvalue weighted by Gasteiger charge is -2.31. The number of pyridine rings is 1. The van der Waals surface area contributed by atoms with Crippen molar-refractivity contribution in [3.05, 3.63) is 28.6 Å². The molecular weight excluding hydrogens is 226 g/mol. The highest BCUT2D eigenvalue weighted by molar-refractivity contribution is 5.89. The maximum atomic E-state index is 11.3. The largest absolute Gasteiger partial charge is 0.478 e. The lowest BCUT2D eigenvalue weighted by Crippen LogP contribution is -2.24. The van der Waals surface area contributed by atoms with E-state index in [0.717, 1.165) is 36.2 Å². The summed E-state index contributed by atoms with van der Waals surface area (Å²) in [5.41, 5.74) is 3.57. The van der Waals surface area contributed by atoms with Crippen LogP contribution in [0.25, 0.3) is 0 Å². The summed E-state index contributed by atoms with van der Waals surface area (Å²) in [5, 5.41) is 9.31. The summed E-state index contributed by atoms with van der Waals surface area (Å²) in [6, 6.07) is 1.85. The molecule has 0 aliphatic heterocycles. The van der Waals surface area contributed by atoms with Crippen LogP contribution in [0.5, 0.6) is 0 Å². The van der Waals surface area contributed by atoms with Gasteiger partial charge in [-0.2, -0.15) is 0 Å².